The Bertz CT molecular complexity index is 835. The minimum Gasteiger partial charge on any atom is -0.618 e. The number of nitrogens with zero attached hydrogens (tertiary/aromatic N) is 1. The first-order chi connectivity index (χ1) is 11.7. The van der Waals surface area contributed by atoms with Crippen molar-refractivity contribution in [2.24, 2.45) is 0 Å². The van der Waals surface area contributed by atoms with Crippen LogP contribution in [0, 0.1) is 5.21 Å². The molecule has 1 aromatic heterocycles. The molecule has 1 heterocycles. The van der Waals surface area contributed by atoms with E-state index in [1.54, 1.807) is 12.1 Å². The number of aromatic nitrogens is 1. The summed E-state index contributed by atoms with van der Waals surface area (Å²) in [4.78, 5) is 12.1. The van der Waals surface area contributed by atoms with E-state index in [9.17, 15) is 10.0 Å². The number of para-hydroxylation sites is 1. The maximum atomic E-state index is 12.1. The lowest BCUT2D eigenvalue weighted by atomic mass is 10.2. The molecular formula is C19H16N2O3. The zero-order chi connectivity index (χ0) is 16.8. The molecule has 3 rings (SSSR count). The molecule has 5 nitrogen and oxygen atoms in total. The van der Waals surface area contributed by atoms with Gasteiger partial charge >= 0.3 is 5.91 Å². The Morgan fingerprint density at radius 3 is 2.50 bits per heavy atom. The molecule has 0 radical (unpaired) electrons. The Hall–Kier alpha value is -3.34. The quantitative estimate of drug-likeness (QED) is 0.580. The number of ether oxygens (including phenoxy) is 1. The van der Waals surface area contributed by atoms with Crippen LogP contribution in [0.4, 0.5) is 0 Å². The molecule has 3 aromatic rings. The van der Waals surface area contributed by atoms with Crippen molar-refractivity contribution in [1.82, 2.24) is 5.32 Å². The lowest BCUT2D eigenvalue weighted by Crippen LogP contribution is -2.38. The molecule has 0 aliphatic rings. The lowest BCUT2D eigenvalue weighted by Gasteiger charge is -2.09. The molecule has 0 aliphatic heterocycles. The van der Waals surface area contributed by atoms with Crippen molar-refractivity contribution in [2.75, 3.05) is 0 Å². The second-order valence-electron chi connectivity index (χ2n) is 5.16. The molecule has 0 bridgehead atoms. The highest BCUT2D eigenvalue weighted by Gasteiger charge is 2.14. The van der Waals surface area contributed by atoms with Crippen LogP contribution >= 0.6 is 0 Å². The van der Waals surface area contributed by atoms with Gasteiger partial charge in [-0.1, -0.05) is 30.3 Å². The van der Waals surface area contributed by atoms with Gasteiger partial charge in [0.25, 0.3) is 5.69 Å². The lowest BCUT2D eigenvalue weighted by molar-refractivity contribution is -0.607. The minimum atomic E-state index is -0.417. The molecule has 0 saturated heterocycles. The van der Waals surface area contributed by atoms with Crippen LogP contribution in [0.1, 0.15) is 16.1 Å². The molecule has 0 saturated carbocycles. The SMILES string of the molecule is O=C(NCc1cccc(Oc2ccccc2)c1)c1cccc[n+]1[O-]. The second kappa shape index (κ2) is 7.28. The largest absolute Gasteiger partial charge is 0.618 e. The number of carbonyl (C=O) groups is 1. The Morgan fingerprint density at radius 2 is 1.71 bits per heavy atom. The first-order valence-electron chi connectivity index (χ1n) is 7.50. The number of benzene rings is 2. The van der Waals surface area contributed by atoms with Crippen LogP contribution in [-0.2, 0) is 6.54 Å². The van der Waals surface area contributed by atoms with E-state index in [2.05, 4.69) is 5.32 Å². The van der Waals surface area contributed by atoms with E-state index in [-0.39, 0.29) is 5.69 Å². The van der Waals surface area contributed by atoms with Gasteiger partial charge in [-0.3, -0.25) is 4.79 Å². The summed E-state index contributed by atoms with van der Waals surface area (Å²) in [6.07, 6.45) is 1.29. The van der Waals surface area contributed by atoms with E-state index in [1.165, 1.54) is 12.3 Å². The van der Waals surface area contributed by atoms with Crippen molar-refractivity contribution in [1.29, 1.82) is 0 Å². The highest BCUT2D eigenvalue weighted by Crippen LogP contribution is 2.21. The van der Waals surface area contributed by atoms with Crippen molar-refractivity contribution >= 4 is 5.91 Å². The topological polar surface area (TPSA) is 65.3 Å². The molecule has 2 aromatic carbocycles. The average molecular weight is 320 g/mol. The van der Waals surface area contributed by atoms with Gasteiger partial charge in [0.1, 0.15) is 11.5 Å². The molecule has 0 atom stereocenters. The van der Waals surface area contributed by atoms with Crippen molar-refractivity contribution < 1.29 is 14.3 Å². The van der Waals surface area contributed by atoms with Crippen LogP contribution in [0.15, 0.2) is 79.0 Å². The molecule has 0 spiro atoms. The van der Waals surface area contributed by atoms with Crippen LogP contribution in [0.2, 0.25) is 0 Å². The Balaban J connectivity index is 1.65. The van der Waals surface area contributed by atoms with Gasteiger partial charge in [0.05, 0.1) is 0 Å². The van der Waals surface area contributed by atoms with E-state index in [1.807, 2.05) is 54.6 Å². The summed E-state index contributed by atoms with van der Waals surface area (Å²) in [5, 5.41) is 14.3. The predicted molar refractivity (Wildman–Crippen MR) is 89.5 cm³/mol. The third-order valence-corrected chi connectivity index (χ3v) is 3.39. The fourth-order valence-corrected chi connectivity index (χ4v) is 2.22. The van der Waals surface area contributed by atoms with Gasteiger partial charge in [0.15, 0.2) is 6.20 Å². The number of rotatable bonds is 5. The Morgan fingerprint density at radius 1 is 0.958 bits per heavy atom. The number of pyridine rings is 1. The standard InChI is InChI=1S/C19H16N2O3/c22-19(18-11-4-5-12-21(18)23)20-14-15-7-6-10-17(13-15)24-16-8-2-1-3-9-16/h1-13H,14H2,(H,20,22). The van der Waals surface area contributed by atoms with E-state index in [0.717, 1.165) is 11.3 Å². The fraction of sp³-hybridized carbons (Fsp3) is 0.0526. The van der Waals surface area contributed by atoms with Crippen LogP contribution in [-0.4, -0.2) is 5.91 Å². The van der Waals surface area contributed by atoms with Gasteiger partial charge in [0, 0.05) is 18.7 Å². The van der Waals surface area contributed by atoms with E-state index in [0.29, 0.717) is 17.0 Å². The summed E-state index contributed by atoms with van der Waals surface area (Å²) in [5.41, 5.74) is 0.944. The normalized spacial score (nSPS) is 10.2. The van der Waals surface area contributed by atoms with Crippen LogP contribution in [0.3, 0.4) is 0 Å². The number of hydrogen-bond donors (Lipinski definition) is 1. The van der Waals surface area contributed by atoms with Gasteiger partial charge < -0.3 is 15.3 Å². The predicted octanol–water partition coefficient (Wildman–Crippen LogP) is 3.04. The van der Waals surface area contributed by atoms with Gasteiger partial charge in [-0.25, -0.2) is 0 Å². The van der Waals surface area contributed by atoms with Crippen LogP contribution in [0.25, 0.3) is 0 Å². The molecular weight excluding hydrogens is 304 g/mol. The van der Waals surface area contributed by atoms with Crippen molar-refractivity contribution in [3.8, 4) is 11.5 Å². The molecule has 0 unspecified atom stereocenters. The first-order valence-corrected chi connectivity index (χ1v) is 7.50. The van der Waals surface area contributed by atoms with E-state index in [4.69, 9.17) is 4.74 Å². The van der Waals surface area contributed by atoms with Gasteiger partial charge in [-0.05, 0) is 35.9 Å². The smallest absolute Gasteiger partial charge is 0.317 e. The highest BCUT2D eigenvalue weighted by molar-refractivity contribution is 5.90. The molecule has 0 fully saturated rings. The first kappa shape index (κ1) is 15.6. The fourth-order valence-electron chi connectivity index (χ4n) is 2.22. The Kier molecular flexibility index (Phi) is 4.72. The monoisotopic (exact) mass is 320 g/mol. The van der Waals surface area contributed by atoms with Crippen molar-refractivity contribution in [3.63, 3.8) is 0 Å². The van der Waals surface area contributed by atoms with Crippen LogP contribution in [0.5, 0.6) is 11.5 Å². The number of hydrogen-bond acceptors (Lipinski definition) is 3. The molecule has 24 heavy (non-hydrogen) atoms. The number of nitrogens with one attached hydrogen (secondary N) is 1. The summed E-state index contributed by atoms with van der Waals surface area (Å²) in [7, 11) is 0. The summed E-state index contributed by atoms with van der Waals surface area (Å²) in [6.45, 7) is 0.305. The van der Waals surface area contributed by atoms with Gasteiger partial charge in [0.2, 0.25) is 0 Å². The summed E-state index contributed by atoms with van der Waals surface area (Å²) < 4.78 is 6.31. The maximum absolute atomic E-state index is 12.1. The minimum absolute atomic E-state index is 0.0641. The second-order valence-corrected chi connectivity index (χ2v) is 5.16. The van der Waals surface area contributed by atoms with Gasteiger partial charge in [-0.15, -0.1) is 0 Å². The summed E-state index contributed by atoms with van der Waals surface area (Å²) in [5.74, 6) is 1.02. The highest BCUT2D eigenvalue weighted by atomic mass is 16.5. The summed E-state index contributed by atoms with van der Waals surface area (Å²) in [6, 6.07) is 21.6. The molecule has 120 valence electrons. The summed E-state index contributed by atoms with van der Waals surface area (Å²) >= 11 is 0. The molecule has 1 amide bonds. The van der Waals surface area contributed by atoms with E-state index >= 15 is 0 Å². The van der Waals surface area contributed by atoms with Crippen molar-refractivity contribution in [3.05, 3.63) is 95.5 Å². The zero-order valence-electron chi connectivity index (χ0n) is 12.9. The number of amides is 1. The number of carbonyl (C=O) groups excluding carboxylic acids is 1. The Labute approximate surface area is 139 Å². The third kappa shape index (κ3) is 3.89. The molecule has 1 N–H and O–H groups in total. The molecule has 5 heteroatoms. The van der Waals surface area contributed by atoms with Crippen LogP contribution < -0.4 is 14.8 Å². The zero-order valence-corrected chi connectivity index (χ0v) is 12.9. The van der Waals surface area contributed by atoms with E-state index < -0.39 is 5.91 Å². The third-order valence-electron chi connectivity index (χ3n) is 3.39. The molecule has 0 aliphatic carbocycles. The average Bonchev–Trinajstić information content (AvgIpc) is 2.61. The van der Waals surface area contributed by atoms with Gasteiger partial charge in [-0.2, -0.15) is 4.73 Å². The maximum Gasteiger partial charge on any atom is 0.317 e. The van der Waals surface area contributed by atoms with Crippen molar-refractivity contribution in [2.45, 2.75) is 6.54 Å².